The number of rotatable bonds is 0. The molecule has 1 atom stereocenters. The number of benzene rings is 1. The molecule has 92 valence electrons. The van der Waals surface area contributed by atoms with Crippen molar-refractivity contribution in [1.29, 1.82) is 0 Å². The van der Waals surface area contributed by atoms with Gasteiger partial charge in [-0.25, -0.2) is 8.78 Å². The van der Waals surface area contributed by atoms with E-state index >= 15 is 0 Å². The summed E-state index contributed by atoms with van der Waals surface area (Å²) in [6.45, 7) is 3.53. The molecule has 1 aliphatic heterocycles. The van der Waals surface area contributed by atoms with E-state index in [0.717, 1.165) is 37.1 Å². The molecule has 3 rings (SSSR count). The van der Waals surface area contributed by atoms with E-state index in [-0.39, 0.29) is 6.42 Å². The monoisotopic (exact) mass is 237 g/mol. The summed E-state index contributed by atoms with van der Waals surface area (Å²) in [5.41, 5.74) is 4.26. The van der Waals surface area contributed by atoms with E-state index in [4.69, 9.17) is 0 Å². The summed E-state index contributed by atoms with van der Waals surface area (Å²) < 4.78 is 27.6. The molecule has 0 amide bonds. The van der Waals surface area contributed by atoms with E-state index in [1.54, 1.807) is 6.92 Å². The van der Waals surface area contributed by atoms with E-state index in [1.165, 1.54) is 11.1 Å². The molecule has 0 saturated heterocycles. The van der Waals surface area contributed by atoms with Crippen LogP contribution in [0.3, 0.4) is 0 Å². The number of hydrogen-bond acceptors (Lipinski definition) is 1. The quantitative estimate of drug-likeness (QED) is 0.731. The fourth-order valence-corrected chi connectivity index (χ4v) is 3.16. The van der Waals surface area contributed by atoms with Crippen molar-refractivity contribution in [1.82, 2.24) is 5.32 Å². The third kappa shape index (κ3) is 1.68. The van der Waals surface area contributed by atoms with Gasteiger partial charge in [0.15, 0.2) is 0 Å². The molecule has 0 aromatic heterocycles. The van der Waals surface area contributed by atoms with E-state index in [1.807, 2.05) is 6.07 Å². The lowest BCUT2D eigenvalue weighted by molar-refractivity contribution is -0.00995. The number of nitrogens with one attached hydrogen (secondary N) is 1. The first-order valence-corrected chi connectivity index (χ1v) is 6.31. The van der Waals surface area contributed by atoms with E-state index in [9.17, 15) is 8.78 Å². The first kappa shape index (κ1) is 11.1. The Hall–Kier alpha value is -0.960. The Morgan fingerprint density at radius 2 is 1.88 bits per heavy atom. The Labute approximate surface area is 100 Å². The zero-order valence-electron chi connectivity index (χ0n) is 10.0. The lowest BCUT2D eigenvalue weighted by atomic mass is 9.90. The summed E-state index contributed by atoms with van der Waals surface area (Å²) in [7, 11) is 0. The molecule has 0 fully saturated rings. The van der Waals surface area contributed by atoms with Crippen LogP contribution in [0.5, 0.6) is 0 Å². The van der Waals surface area contributed by atoms with Crippen molar-refractivity contribution in [2.45, 2.75) is 38.0 Å². The highest BCUT2D eigenvalue weighted by Gasteiger charge is 2.45. The maximum absolute atomic E-state index is 13.8. The lowest BCUT2D eigenvalue weighted by Crippen LogP contribution is -2.20. The molecule has 1 heterocycles. The Balaban J connectivity index is 2.13. The molecule has 1 aliphatic carbocycles. The molecular formula is C14H17F2N. The van der Waals surface area contributed by atoms with Gasteiger partial charge in [0.05, 0.1) is 0 Å². The van der Waals surface area contributed by atoms with Crippen LogP contribution in [-0.4, -0.2) is 19.0 Å². The van der Waals surface area contributed by atoms with Gasteiger partial charge in [-0.2, -0.15) is 0 Å². The largest absolute Gasteiger partial charge is 0.316 e. The molecule has 1 N–H and O–H groups in total. The number of alkyl halides is 2. The smallest absolute Gasteiger partial charge is 0.258 e. The minimum atomic E-state index is -2.56. The van der Waals surface area contributed by atoms with Gasteiger partial charge < -0.3 is 5.32 Å². The van der Waals surface area contributed by atoms with Crippen molar-refractivity contribution in [3.05, 3.63) is 34.4 Å². The van der Waals surface area contributed by atoms with Crippen LogP contribution in [0, 0.1) is 0 Å². The van der Waals surface area contributed by atoms with Gasteiger partial charge in [0, 0.05) is 12.3 Å². The molecule has 2 aliphatic rings. The lowest BCUT2D eigenvalue weighted by Gasteiger charge is -2.18. The Morgan fingerprint density at radius 3 is 2.71 bits per heavy atom. The van der Waals surface area contributed by atoms with Crippen LogP contribution in [0.4, 0.5) is 8.78 Å². The van der Waals surface area contributed by atoms with Crippen LogP contribution in [0.15, 0.2) is 12.1 Å². The van der Waals surface area contributed by atoms with E-state index in [2.05, 4.69) is 11.4 Å². The third-order valence-corrected chi connectivity index (χ3v) is 4.16. The molecule has 3 heteroatoms. The highest BCUT2D eigenvalue weighted by molar-refractivity contribution is 5.48. The van der Waals surface area contributed by atoms with Crippen molar-refractivity contribution in [3.8, 4) is 0 Å². The molecule has 0 spiro atoms. The van der Waals surface area contributed by atoms with Crippen LogP contribution in [0.2, 0.25) is 0 Å². The highest BCUT2D eigenvalue weighted by Crippen LogP contribution is 2.46. The van der Waals surface area contributed by atoms with Gasteiger partial charge in [-0.05, 0) is 48.2 Å². The molecule has 1 nitrogen and oxygen atoms in total. The zero-order valence-corrected chi connectivity index (χ0v) is 10.0. The van der Waals surface area contributed by atoms with Crippen molar-refractivity contribution in [2.75, 3.05) is 13.1 Å². The molecule has 1 unspecified atom stereocenters. The summed E-state index contributed by atoms with van der Waals surface area (Å²) >= 11 is 0. The Kier molecular flexibility index (Phi) is 2.47. The Morgan fingerprint density at radius 1 is 1.18 bits per heavy atom. The molecule has 0 saturated carbocycles. The second-order valence-corrected chi connectivity index (χ2v) is 5.19. The number of fused-ring (bicyclic) bond motifs is 3. The molecular weight excluding hydrogens is 220 g/mol. The molecule has 0 radical (unpaired) electrons. The predicted molar refractivity (Wildman–Crippen MR) is 63.8 cm³/mol. The maximum Gasteiger partial charge on any atom is 0.258 e. The Bertz CT molecular complexity index is 454. The SMILES string of the molecule is CC1c2c(ccc3c2CCNCC3)CC1(F)F. The van der Waals surface area contributed by atoms with Crippen LogP contribution in [0.1, 0.15) is 35.1 Å². The van der Waals surface area contributed by atoms with Crippen molar-refractivity contribution in [2.24, 2.45) is 0 Å². The minimum absolute atomic E-state index is 0.0792. The highest BCUT2D eigenvalue weighted by atomic mass is 19.3. The summed E-state index contributed by atoms with van der Waals surface area (Å²) in [6, 6.07) is 3.96. The van der Waals surface area contributed by atoms with Gasteiger partial charge in [-0.3, -0.25) is 0 Å². The average molecular weight is 237 g/mol. The second-order valence-electron chi connectivity index (χ2n) is 5.19. The van der Waals surface area contributed by atoms with Gasteiger partial charge in [0.2, 0.25) is 0 Å². The average Bonchev–Trinajstić information content (AvgIpc) is 2.46. The van der Waals surface area contributed by atoms with E-state index in [0.29, 0.717) is 0 Å². The van der Waals surface area contributed by atoms with E-state index < -0.39 is 11.8 Å². The van der Waals surface area contributed by atoms with Gasteiger partial charge in [0.1, 0.15) is 0 Å². The third-order valence-electron chi connectivity index (χ3n) is 4.16. The molecule has 1 aromatic rings. The normalized spacial score (nSPS) is 26.2. The minimum Gasteiger partial charge on any atom is -0.316 e. The van der Waals surface area contributed by atoms with Gasteiger partial charge in [-0.1, -0.05) is 19.1 Å². The van der Waals surface area contributed by atoms with Crippen molar-refractivity contribution >= 4 is 0 Å². The molecule has 17 heavy (non-hydrogen) atoms. The first-order valence-electron chi connectivity index (χ1n) is 6.31. The zero-order chi connectivity index (χ0) is 12.0. The van der Waals surface area contributed by atoms with Gasteiger partial charge in [-0.15, -0.1) is 0 Å². The number of hydrogen-bond donors (Lipinski definition) is 1. The number of halogens is 2. The summed E-state index contributed by atoms with van der Waals surface area (Å²) in [4.78, 5) is 0. The summed E-state index contributed by atoms with van der Waals surface area (Å²) in [5, 5.41) is 3.33. The molecule has 0 bridgehead atoms. The maximum atomic E-state index is 13.8. The summed E-state index contributed by atoms with van der Waals surface area (Å²) in [5.74, 6) is -3.18. The second kappa shape index (κ2) is 3.77. The van der Waals surface area contributed by atoms with Crippen molar-refractivity contribution in [3.63, 3.8) is 0 Å². The molecule has 1 aromatic carbocycles. The van der Waals surface area contributed by atoms with Gasteiger partial charge in [0.25, 0.3) is 5.92 Å². The van der Waals surface area contributed by atoms with Crippen LogP contribution < -0.4 is 5.32 Å². The van der Waals surface area contributed by atoms with Gasteiger partial charge >= 0.3 is 0 Å². The topological polar surface area (TPSA) is 12.0 Å². The summed E-state index contributed by atoms with van der Waals surface area (Å²) in [6.07, 6.45) is 1.77. The van der Waals surface area contributed by atoms with Crippen molar-refractivity contribution < 1.29 is 8.78 Å². The first-order chi connectivity index (χ1) is 8.09. The fourth-order valence-electron chi connectivity index (χ4n) is 3.16. The van der Waals surface area contributed by atoms with Crippen LogP contribution >= 0.6 is 0 Å². The fraction of sp³-hybridized carbons (Fsp3) is 0.571. The van der Waals surface area contributed by atoms with Crippen LogP contribution in [-0.2, 0) is 19.3 Å². The predicted octanol–water partition coefficient (Wildman–Crippen LogP) is 2.67. The van der Waals surface area contributed by atoms with Crippen LogP contribution in [0.25, 0.3) is 0 Å². The standard InChI is InChI=1S/C14H17F2N/c1-9-13-11(8-14(9,15)16)3-2-10-4-6-17-7-5-12(10)13/h2-3,9,17H,4-8H2,1H3.